The van der Waals surface area contributed by atoms with E-state index >= 15 is 0 Å². The SMILES string of the molecule is CN=C(NCCc1cccc(C(=O)NC)c1)NC(C)CCCC(C)C.I. The Labute approximate surface area is 175 Å². The first-order chi connectivity index (χ1) is 12.0. The zero-order valence-electron chi connectivity index (χ0n) is 16.8. The van der Waals surface area contributed by atoms with Gasteiger partial charge in [0.25, 0.3) is 5.91 Å². The van der Waals surface area contributed by atoms with Crippen LogP contribution < -0.4 is 16.0 Å². The third-order valence-electron chi connectivity index (χ3n) is 4.15. The number of guanidine groups is 1. The molecule has 1 rings (SSSR count). The molecule has 6 heteroatoms. The Hall–Kier alpha value is -1.31. The van der Waals surface area contributed by atoms with Crippen LogP contribution in [0.4, 0.5) is 0 Å². The van der Waals surface area contributed by atoms with Crippen molar-refractivity contribution in [3.63, 3.8) is 0 Å². The second kappa shape index (κ2) is 13.8. The summed E-state index contributed by atoms with van der Waals surface area (Å²) in [7, 11) is 3.44. The molecule has 1 aromatic carbocycles. The van der Waals surface area contributed by atoms with Crippen LogP contribution in [0.2, 0.25) is 0 Å². The Morgan fingerprint density at radius 2 is 1.92 bits per heavy atom. The number of hydrogen-bond donors (Lipinski definition) is 3. The van der Waals surface area contributed by atoms with Crippen LogP contribution in [0.25, 0.3) is 0 Å². The zero-order chi connectivity index (χ0) is 18.7. The van der Waals surface area contributed by atoms with Crippen LogP contribution in [-0.2, 0) is 6.42 Å². The third-order valence-corrected chi connectivity index (χ3v) is 4.15. The quantitative estimate of drug-likeness (QED) is 0.291. The van der Waals surface area contributed by atoms with Gasteiger partial charge in [0.2, 0.25) is 0 Å². The average Bonchev–Trinajstić information content (AvgIpc) is 2.60. The summed E-state index contributed by atoms with van der Waals surface area (Å²) < 4.78 is 0. The highest BCUT2D eigenvalue weighted by Gasteiger charge is 2.07. The number of halogens is 1. The van der Waals surface area contributed by atoms with E-state index in [-0.39, 0.29) is 29.9 Å². The van der Waals surface area contributed by atoms with E-state index in [9.17, 15) is 4.79 Å². The summed E-state index contributed by atoms with van der Waals surface area (Å²) in [5.41, 5.74) is 1.83. The van der Waals surface area contributed by atoms with Crippen molar-refractivity contribution in [2.24, 2.45) is 10.9 Å². The summed E-state index contributed by atoms with van der Waals surface area (Å²) in [5.74, 6) is 1.54. The molecule has 0 aromatic heterocycles. The van der Waals surface area contributed by atoms with Gasteiger partial charge in [0.15, 0.2) is 5.96 Å². The van der Waals surface area contributed by atoms with Gasteiger partial charge in [0.05, 0.1) is 0 Å². The molecule has 26 heavy (non-hydrogen) atoms. The molecule has 0 fully saturated rings. The van der Waals surface area contributed by atoms with Crippen molar-refractivity contribution in [3.05, 3.63) is 35.4 Å². The summed E-state index contributed by atoms with van der Waals surface area (Å²) in [5, 5.41) is 9.44. The Balaban J connectivity index is 0.00000625. The molecule has 0 bridgehead atoms. The zero-order valence-corrected chi connectivity index (χ0v) is 19.1. The molecule has 0 heterocycles. The molecule has 1 aromatic rings. The average molecular weight is 474 g/mol. The van der Waals surface area contributed by atoms with Gasteiger partial charge in [-0.25, -0.2) is 0 Å². The van der Waals surface area contributed by atoms with Crippen molar-refractivity contribution in [2.75, 3.05) is 20.6 Å². The van der Waals surface area contributed by atoms with E-state index in [0.29, 0.717) is 11.6 Å². The van der Waals surface area contributed by atoms with E-state index in [2.05, 4.69) is 41.7 Å². The molecule has 0 radical (unpaired) electrons. The predicted octanol–water partition coefficient (Wildman–Crippen LogP) is 3.59. The van der Waals surface area contributed by atoms with Gasteiger partial charge in [-0.1, -0.05) is 38.8 Å². The smallest absolute Gasteiger partial charge is 0.251 e. The lowest BCUT2D eigenvalue weighted by Gasteiger charge is -2.18. The van der Waals surface area contributed by atoms with E-state index in [1.54, 1.807) is 14.1 Å². The van der Waals surface area contributed by atoms with Crippen molar-refractivity contribution in [1.82, 2.24) is 16.0 Å². The van der Waals surface area contributed by atoms with E-state index in [1.165, 1.54) is 12.8 Å². The Bertz CT molecular complexity index is 560. The van der Waals surface area contributed by atoms with Crippen molar-refractivity contribution in [2.45, 2.75) is 52.5 Å². The number of aliphatic imine (C=N–C) groups is 1. The molecule has 0 aliphatic heterocycles. The fraction of sp³-hybridized carbons (Fsp3) is 0.600. The van der Waals surface area contributed by atoms with Crippen LogP contribution >= 0.6 is 24.0 Å². The standard InChI is InChI=1S/C20H34N4O.HI/c1-15(2)8-6-9-16(3)24-20(22-5)23-13-12-17-10-7-11-18(14-17)19(25)21-4;/h7,10-11,14-16H,6,8-9,12-13H2,1-5H3,(H,21,25)(H2,22,23,24);1H. The molecular formula is C20H35IN4O. The number of carbonyl (C=O) groups excluding carboxylic acids is 1. The highest BCUT2D eigenvalue weighted by molar-refractivity contribution is 14.0. The molecule has 1 amide bonds. The Morgan fingerprint density at radius 1 is 1.19 bits per heavy atom. The first-order valence-electron chi connectivity index (χ1n) is 9.24. The number of carbonyl (C=O) groups is 1. The molecule has 0 saturated carbocycles. The number of nitrogens with zero attached hydrogens (tertiary/aromatic N) is 1. The van der Waals surface area contributed by atoms with Crippen LogP contribution in [0.3, 0.4) is 0 Å². The number of benzene rings is 1. The summed E-state index contributed by atoms with van der Waals surface area (Å²) in [4.78, 5) is 16.0. The number of rotatable bonds is 9. The van der Waals surface area contributed by atoms with E-state index in [1.807, 2.05) is 24.3 Å². The normalized spacial score (nSPS) is 12.3. The van der Waals surface area contributed by atoms with Crippen molar-refractivity contribution >= 4 is 35.8 Å². The third kappa shape index (κ3) is 9.99. The van der Waals surface area contributed by atoms with Crippen LogP contribution in [0.5, 0.6) is 0 Å². The van der Waals surface area contributed by atoms with Crippen molar-refractivity contribution in [1.29, 1.82) is 0 Å². The lowest BCUT2D eigenvalue weighted by atomic mass is 10.0. The highest BCUT2D eigenvalue weighted by atomic mass is 127. The number of nitrogens with one attached hydrogen (secondary N) is 3. The minimum absolute atomic E-state index is 0. The molecule has 0 aliphatic carbocycles. The lowest BCUT2D eigenvalue weighted by molar-refractivity contribution is 0.0963. The molecule has 5 nitrogen and oxygen atoms in total. The minimum Gasteiger partial charge on any atom is -0.356 e. The molecule has 0 saturated heterocycles. The molecule has 0 spiro atoms. The first kappa shape index (κ1) is 24.7. The summed E-state index contributed by atoms with van der Waals surface area (Å²) >= 11 is 0. The predicted molar refractivity (Wildman–Crippen MR) is 122 cm³/mol. The van der Waals surface area contributed by atoms with E-state index in [4.69, 9.17) is 0 Å². The minimum atomic E-state index is -0.0532. The van der Waals surface area contributed by atoms with Gasteiger partial charge in [-0.2, -0.15) is 0 Å². The molecule has 1 unspecified atom stereocenters. The van der Waals surface area contributed by atoms with Gasteiger partial charge in [0.1, 0.15) is 0 Å². The molecule has 0 aliphatic rings. The van der Waals surface area contributed by atoms with Crippen molar-refractivity contribution < 1.29 is 4.79 Å². The Morgan fingerprint density at radius 3 is 2.54 bits per heavy atom. The van der Waals surface area contributed by atoms with Gasteiger partial charge in [-0.15, -0.1) is 24.0 Å². The number of hydrogen-bond acceptors (Lipinski definition) is 2. The van der Waals surface area contributed by atoms with Crippen LogP contribution in [0.15, 0.2) is 29.3 Å². The maximum absolute atomic E-state index is 11.7. The van der Waals surface area contributed by atoms with Gasteiger partial charge in [-0.3, -0.25) is 9.79 Å². The highest BCUT2D eigenvalue weighted by Crippen LogP contribution is 2.08. The monoisotopic (exact) mass is 474 g/mol. The topological polar surface area (TPSA) is 65.5 Å². The fourth-order valence-electron chi connectivity index (χ4n) is 2.67. The molecule has 148 valence electrons. The van der Waals surface area contributed by atoms with Crippen LogP contribution in [-0.4, -0.2) is 38.5 Å². The second-order valence-corrected chi connectivity index (χ2v) is 6.90. The maximum Gasteiger partial charge on any atom is 0.251 e. The molecule has 1 atom stereocenters. The lowest BCUT2D eigenvalue weighted by Crippen LogP contribution is -2.42. The summed E-state index contributed by atoms with van der Waals surface area (Å²) in [6.45, 7) is 7.49. The maximum atomic E-state index is 11.7. The second-order valence-electron chi connectivity index (χ2n) is 6.90. The Kier molecular flexibility index (Phi) is 13.1. The largest absolute Gasteiger partial charge is 0.356 e. The van der Waals surface area contributed by atoms with Gasteiger partial charge in [-0.05, 0) is 43.4 Å². The summed E-state index contributed by atoms with van der Waals surface area (Å²) in [6, 6.07) is 8.13. The van der Waals surface area contributed by atoms with Crippen LogP contribution in [0, 0.1) is 5.92 Å². The van der Waals surface area contributed by atoms with Crippen LogP contribution in [0.1, 0.15) is 56.0 Å². The van der Waals surface area contributed by atoms with Crippen molar-refractivity contribution in [3.8, 4) is 0 Å². The van der Waals surface area contributed by atoms with E-state index < -0.39 is 0 Å². The van der Waals surface area contributed by atoms with Gasteiger partial charge < -0.3 is 16.0 Å². The summed E-state index contributed by atoms with van der Waals surface area (Å²) in [6.07, 6.45) is 4.48. The van der Waals surface area contributed by atoms with Gasteiger partial charge >= 0.3 is 0 Å². The molecular weight excluding hydrogens is 439 g/mol. The first-order valence-corrected chi connectivity index (χ1v) is 9.24. The van der Waals surface area contributed by atoms with Gasteiger partial charge in [0, 0.05) is 32.2 Å². The fourth-order valence-corrected chi connectivity index (χ4v) is 2.67. The van der Waals surface area contributed by atoms with E-state index in [0.717, 1.165) is 36.8 Å². The molecule has 3 N–H and O–H groups in total. The number of amides is 1.